The Morgan fingerprint density at radius 3 is 1.73 bits per heavy atom. The van der Waals surface area contributed by atoms with E-state index in [0.29, 0.717) is 0 Å². The SMILES string of the molecule is CC(C(F)(F)F)C(C)(C)CO. The van der Waals surface area contributed by atoms with Crippen LogP contribution in [0.5, 0.6) is 0 Å². The lowest BCUT2D eigenvalue weighted by atomic mass is 9.80. The first-order valence-electron chi connectivity index (χ1n) is 3.39. The van der Waals surface area contributed by atoms with E-state index in [1.54, 1.807) is 0 Å². The molecule has 1 N–H and O–H groups in total. The van der Waals surface area contributed by atoms with E-state index in [-0.39, 0.29) is 0 Å². The molecular formula is C7H13F3O. The number of hydrogen-bond donors (Lipinski definition) is 1. The summed E-state index contributed by atoms with van der Waals surface area (Å²) in [5.74, 6) is -1.47. The maximum atomic E-state index is 12.0. The van der Waals surface area contributed by atoms with Crippen LogP contribution in [-0.4, -0.2) is 17.9 Å². The van der Waals surface area contributed by atoms with Crippen LogP contribution in [0.25, 0.3) is 0 Å². The van der Waals surface area contributed by atoms with E-state index in [1.807, 2.05) is 0 Å². The van der Waals surface area contributed by atoms with Crippen LogP contribution < -0.4 is 0 Å². The lowest BCUT2D eigenvalue weighted by Gasteiger charge is -2.30. The van der Waals surface area contributed by atoms with Crippen molar-refractivity contribution in [1.82, 2.24) is 0 Å². The van der Waals surface area contributed by atoms with Gasteiger partial charge in [-0.15, -0.1) is 0 Å². The maximum absolute atomic E-state index is 12.0. The molecule has 1 atom stereocenters. The van der Waals surface area contributed by atoms with Gasteiger partial charge in [-0.3, -0.25) is 0 Å². The second kappa shape index (κ2) is 3.01. The summed E-state index contributed by atoms with van der Waals surface area (Å²) in [5, 5.41) is 8.63. The number of aliphatic hydroxyl groups is 1. The van der Waals surface area contributed by atoms with Gasteiger partial charge in [0.25, 0.3) is 0 Å². The van der Waals surface area contributed by atoms with Crippen molar-refractivity contribution in [2.45, 2.75) is 26.9 Å². The summed E-state index contributed by atoms with van der Waals surface area (Å²) in [6, 6.07) is 0. The summed E-state index contributed by atoms with van der Waals surface area (Å²) < 4.78 is 36.1. The molecule has 0 saturated heterocycles. The maximum Gasteiger partial charge on any atom is 0.392 e. The van der Waals surface area contributed by atoms with E-state index in [9.17, 15) is 13.2 Å². The van der Waals surface area contributed by atoms with E-state index in [0.717, 1.165) is 6.92 Å². The predicted molar refractivity (Wildman–Crippen MR) is 36.1 cm³/mol. The average Bonchev–Trinajstić information content (AvgIpc) is 1.84. The molecule has 0 bridgehead atoms. The van der Waals surface area contributed by atoms with Crippen molar-refractivity contribution < 1.29 is 18.3 Å². The first-order valence-corrected chi connectivity index (χ1v) is 3.39. The summed E-state index contributed by atoms with van der Waals surface area (Å²) in [4.78, 5) is 0. The van der Waals surface area contributed by atoms with Crippen molar-refractivity contribution in [3.63, 3.8) is 0 Å². The van der Waals surface area contributed by atoms with E-state index in [4.69, 9.17) is 5.11 Å². The fraction of sp³-hybridized carbons (Fsp3) is 1.00. The Morgan fingerprint density at radius 1 is 1.27 bits per heavy atom. The molecule has 68 valence electrons. The molecule has 0 aliphatic rings. The van der Waals surface area contributed by atoms with Gasteiger partial charge in [0.15, 0.2) is 0 Å². The van der Waals surface area contributed by atoms with Crippen LogP contribution in [0.2, 0.25) is 0 Å². The minimum atomic E-state index is -4.22. The van der Waals surface area contributed by atoms with Crippen LogP contribution in [-0.2, 0) is 0 Å². The molecule has 1 nitrogen and oxygen atoms in total. The molecule has 1 unspecified atom stereocenters. The fourth-order valence-corrected chi connectivity index (χ4v) is 0.580. The zero-order chi connectivity index (χ0) is 9.28. The minimum absolute atomic E-state index is 0.451. The molecule has 0 amide bonds. The first-order chi connectivity index (χ1) is 4.72. The number of hydrogen-bond acceptors (Lipinski definition) is 1. The third-order valence-electron chi connectivity index (χ3n) is 2.07. The Balaban J connectivity index is 4.35. The molecule has 0 spiro atoms. The highest BCUT2D eigenvalue weighted by Crippen LogP contribution is 2.38. The first kappa shape index (κ1) is 10.8. The molecule has 0 aromatic carbocycles. The van der Waals surface area contributed by atoms with Crippen molar-refractivity contribution in [1.29, 1.82) is 0 Å². The molecule has 0 aliphatic heterocycles. The number of rotatable bonds is 2. The summed E-state index contributed by atoms with van der Waals surface area (Å²) in [5.41, 5.74) is -1.09. The predicted octanol–water partition coefficient (Wildman–Crippen LogP) is 2.20. The van der Waals surface area contributed by atoms with E-state index >= 15 is 0 Å². The van der Waals surface area contributed by atoms with Crippen molar-refractivity contribution in [2.75, 3.05) is 6.61 Å². The highest BCUT2D eigenvalue weighted by Gasteiger charge is 2.45. The van der Waals surface area contributed by atoms with E-state index < -0.39 is 24.1 Å². The molecule has 0 saturated carbocycles. The number of aliphatic hydroxyl groups excluding tert-OH is 1. The second-order valence-electron chi connectivity index (χ2n) is 3.41. The highest BCUT2D eigenvalue weighted by atomic mass is 19.4. The van der Waals surface area contributed by atoms with Gasteiger partial charge in [-0.2, -0.15) is 13.2 Å². The van der Waals surface area contributed by atoms with Gasteiger partial charge in [0.05, 0.1) is 5.92 Å². The molecule has 0 aliphatic carbocycles. The summed E-state index contributed by atoms with van der Waals surface area (Å²) in [7, 11) is 0. The Labute approximate surface area is 64.2 Å². The monoisotopic (exact) mass is 170 g/mol. The molecule has 0 aromatic rings. The molecule has 0 fully saturated rings. The van der Waals surface area contributed by atoms with Crippen LogP contribution in [0.1, 0.15) is 20.8 Å². The minimum Gasteiger partial charge on any atom is -0.396 e. The fourth-order valence-electron chi connectivity index (χ4n) is 0.580. The lowest BCUT2D eigenvalue weighted by molar-refractivity contribution is -0.201. The normalized spacial score (nSPS) is 16.6. The number of alkyl halides is 3. The molecule has 0 aromatic heterocycles. The Kier molecular flexibility index (Phi) is 2.94. The van der Waals surface area contributed by atoms with Gasteiger partial charge in [0.2, 0.25) is 0 Å². The van der Waals surface area contributed by atoms with Crippen molar-refractivity contribution in [3.05, 3.63) is 0 Å². The van der Waals surface area contributed by atoms with E-state index in [1.165, 1.54) is 13.8 Å². The summed E-state index contributed by atoms with van der Waals surface area (Å²) >= 11 is 0. The molecule has 0 heterocycles. The standard InChI is InChI=1S/C7H13F3O/c1-5(7(8,9)10)6(2,3)4-11/h5,11H,4H2,1-3H3. The second-order valence-corrected chi connectivity index (χ2v) is 3.41. The van der Waals surface area contributed by atoms with Gasteiger partial charge in [0, 0.05) is 6.61 Å². The summed E-state index contributed by atoms with van der Waals surface area (Å²) in [6.07, 6.45) is -4.22. The van der Waals surface area contributed by atoms with Gasteiger partial charge < -0.3 is 5.11 Å². The molecule has 11 heavy (non-hydrogen) atoms. The Hall–Kier alpha value is -0.250. The van der Waals surface area contributed by atoms with E-state index in [2.05, 4.69) is 0 Å². The van der Waals surface area contributed by atoms with Crippen molar-refractivity contribution >= 4 is 0 Å². The molecule has 0 rings (SSSR count). The van der Waals surface area contributed by atoms with Gasteiger partial charge in [-0.1, -0.05) is 20.8 Å². The van der Waals surface area contributed by atoms with Crippen LogP contribution in [0, 0.1) is 11.3 Å². The van der Waals surface area contributed by atoms with Crippen LogP contribution in [0.15, 0.2) is 0 Å². The zero-order valence-corrected chi connectivity index (χ0v) is 6.87. The van der Waals surface area contributed by atoms with Gasteiger partial charge in [0.1, 0.15) is 0 Å². The third-order valence-corrected chi connectivity index (χ3v) is 2.07. The van der Waals surface area contributed by atoms with Gasteiger partial charge >= 0.3 is 6.18 Å². The van der Waals surface area contributed by atoms with Crippen LogP contribution in [0.3, 0.4) is 0 Å². The number of halogens is 3. The van der Waals surface area contributed by atoms with Crippen LogP contribution >= 0.6 is 0 Å². The Morgan fingerprint density at radius 2 is 1.64 bits per heavy atom. The smallest absolute Gasteiger partial charge is 0.392 e. The van der Waals surface area contributed by atoms with Crippen molar-refractivity contribution in [3.8, 4) is 0 Å². The van der Waals surface area contributed by atoms with Gasteiger partial charge in [-0.05, 0) is 5.41 Å². The average molecular weight is 170 g/mol. The van der Waals surface area contributed by atoms with Crippen molar-refractivity contribution in [2.24, 2.45) is 11.3 Å². The Bertz CT molecular complexity index is 128. The molecule has 4 heteroatoms. The largest absolute Gasteiger partial charge is 0.396 e. The third kappa shape index (κ3) is 2.69. The lowest BCUT2D eigenvalue weighted by Crippen LogP contribution is -2.36. The highest BCUT2D eigenvalue weighted by molar-refractivity contribution is 4.79. The summed E-state index contributed by atoms with van der Waals surface area (Å²) in [6.45, 7) is 3.42. The topological polar surface area (TPSA) is 20.2 Å². The van der Waals surface area contributed by atoms with Gasteiger partial charge in [-0.25, -0.2) is 0 Å². The molecule has 0 radical (unpaired) electrons. The quantitative estimate of drug-likeness (QED) is 0.673. The zero-order valence-electron chi connectivity index (χ0n) is 6.87. The van der Waals surface area contributed by atoms with Crippen LogP contribution in [0.4, 0.5) is 13.2 Å². The molecular weight excluding hydrogens is 157 g/mol.